The molecule has 100 valence electrons. The van der Waals surface area contributed by atoms with Crippen molar-refractivity contribution in [1.82, 2.24) is 0 Å². The molecule has 0 fully saturated rings. The van der Waals surface area contributed by atoms with Gasteiger partial charge in [0.1, 0.15) is 22.8 Å². The number of aromatic hydroxyl groups is 2. The second-order valence-electron chi connectivity index (χ2n) is 4.43. The third-order valence-electron chi connectivity index (χ3n) is 2.97. The van der Waals surface area contributed by atoms with Gasteiger partial charge in [0.25, 0.3) is 0 Å². The fraction of sp³-hybridized carbons (Fsp3) is 0. The molecule has 20 heavy (non-hydrogen) atoms. The van der Waals surface area contributed by atoms with Crippen molar-refractivity contribution < 1.29 is 14.6 Å². The molecule has 0 saturated carbocycles. The maximum absolute atomic E-state index is 12.1. The average Bonchev–Trinajstić information content (AvgIpc) is 2.37. The molecule has 0 saturated heterocycles. The van der Waals surface area contributed by atoms with E-state index < -0.39 is 0 Å². The van der Waals surface area contributed by atoms with Crippen molar-refractivity contribution in [3.63, 3.8) is 0 Å². The zero-order valence-electron chi connectivity index (χ0n) is 10.3. The Kier molecular flexibility index (Phi) is 2.61. The number of nitrogens with two attached hydrogens (primary N) is 1. The smallest absolute Gasteiger partial charge is 0.195 e. The van der Waals surface area contributed by atoms with E-state index in [1.54, 1.807) is 18.2 Å². The van der Waals surface area contributed by atoms with Crippen LogP contribution in [-0.4, -0.2) is 10.2 Å². The Morgan fingerprint density at radius 2 is 1.70 bits per heavy atom. The van der Waals surface area contributed by atoms with E-state index in [4.69, 9.17) is 10.2 Å². The van der Waals surface area contributed by atoms with E-state index in [-0.39, 0.29) is 22.7 Å². The molecule has 0 spiro atoms. The van der Waals surface area contributed by atoms with Crippen LogP contribution in [0.25, 0.3) is 22.3 Å². The predicted octanol–water partition coefficient (Wildman–Crippen LogP) is 2.45. The number of benzene rings is 2. The molecular formula is C15H11NO4. The highest BCUT2D eigenvalue weighted by atomic mass is 16.3. The van der Waals surface area contributed by atoms with E-state index in [9.17, 15) is 15.0 Å². The van der Waals surface area contributed by atoms with Crippen LogP contribution in [0.2, 0.25) is 0 Å². The van der Waals surface area contributed by atoms with Crippen molar-refractivity contribution >= 4 is 16.7 Å². The minimum Gasteiger partial charge on any atom is -0.508 e. The van der Waals surface area contributed by atoms with Crippen molar-refractivity contribution in [3.8, 4) is 22.8 Å². The number of fused-ring (bicyclic) bond motifs is 1. The van der Waals surface area contributed by atoms with E-state index in [2.05, 4.69) is 0 Å². The van der Waals surface area contributed by atoms with Gasteiger partial charge in [-0.2, -0.15) is 0 Å². The summed E-state index contributed by atoms with van der Waals surface area (Å²) in [5, 5.41) is 19.3. The molecule has 0 aliphatic heterocycles. The van der Waals surface area contributed by atoms with E-state index >= 15 is 0 Å². The molecule has 0 bridgehead atoms. The van der Waals surface area contributed by atoms with Gasteiger partial charge in [0.2, 0.25) is 0 Å². The lowest BCUT2D eigenvalue weighted by Crippen LogP contribution is -2.03. The summed E-state index contributed by atoms with van der Waals surface area (Å²) in [6.07, 6.45) is 0. The molecule has 3 aromatic rings. The summed E-state index contributed by atoms with van der Waals surface area (Å²) >= 11 is 0. The topological polar surface area (TPSA) is 96.7 Å². The molecule has 0 aliphatic carbocycles. The fourth-order valence-electron chi connectivity index (χ4n) is 2.12. The Labute approximate surface area is 113 Å². The van der Waals surface area contributed by atoms with Crippen molar-refractivity contribution in [1.29, 1.82) is 0 Å². The SMILES string of the molecule is Nc1cccc2oc(-c3cc(O)cc(O)c3)cc(=O)c12. The highest BCUT2D eigenvalue weighted by molar-refractivity contribution is 5.89. The largest absolute Gasteiger partial charge is 0.508 e. The summed E-state index contributed by atoms with van der Waals surface area (Å²) in [5.41, 5.74) is 6.59. The first-order valence-electron chi connectivity index (χ1n) is 5.90. The van der Waals surface area contributed by atoms with Gasteiger partial charge in [-0.3, -0.25) is 4.79 Å². The number of phenols is 2. The van der Waals surface area contributed by atoms with E-state index in [0.29, 0.717) is 22.2 Å². The van der Waals surface area contributed by atoms with Crippen molar-refractivity contribution in [3.05, 3.63) is 52.7 Å². The molecule has 2 aromatic carbocycles. The average molecular weight is 269 g/mol. The zero-order valence-corrected chi connectivity index (χ0v) is 10.3. The number of hydrogen-bond acceptors (Lipinski definition) is 5. The number of hydrogen-bond donors (Lipinski definition) is 3. The normalized spacial score (nSPS) is 10.8. The Hall–Kier alpha value is -2.95. The molecule has 0 unspecified atom stereocenters. The van der Waals surface area contributed by atoms with Crippen LogP contribution < -0.4 is 11.2 Å². The monoisotopic (exact) mass is 269 g/mol. The van der Waals surface area contributed by atoms with Crippen LogP contribution in [0.1, 0.15) is 0 Å². The summed E-state index contributed by atoms with van der Waals surface area (Å²) in [5.74, 6) is 0.0185. The lowest BCUT2D eigenvalue weighted by atomic mass is 10.1. The molecular weight excluding hydrogens is 258 g/mol. The third kappa shape index (κ3) is 1.95. The summed E-state index contributed by atoms with van der Waals surface area (Å²) in [4.78, 5) is 12.1. The van der Waals surface area contributed by atoms with Gasteiger partial charge in [-0.15, -0.1) is 0 Å². The minimum atomic E-state index is -0.276. The van der Waals surface area contributed by atoms with Gasteiger partial charge in [0.05, 0.1) is 5.39 Å². The van der Waals surface area contributed by atoms with Crippen LogP contribution in [0.3, 0.4) is 0 Å². The zero-order chi connectivity index (χ0) is 14.3. The summed E-state index contributed by atoms with van der Waals surface area (Å²) in [6, 6.07) is 10.2. The summed E-state index contributed by atoms with van der Waals surface area (Å²) in [7, 11) is 0. The van der Waals surface area contributed by atoms with Gasteiger partial charge in [-0.1, -0.05) is 6.07 Å². The lowest BCUT2D eigenvalue weighted by molar-refractivity contribution is 0.450. The molecule has 0 atom stereocenters. The highest BCUT2D eigenvalue weighted by Gasteiger charge is 2.10. The molecule has 1 aromatic heterocycles. The van der Waals surface area contributed by atoms with Gasteiger partial charge >= 0.3 is 0 Å². The molecule has 4 N–H and O–H groups in total. The molecule has 1 heterocycles. The second-order valence-corrected chi connectivity index (χ2v) is 4.43. The number of rotatable bonds is 1. The van der Waals surface area contributed by atoms with Gasteiger partial charge in [0, 0.05) is 23.4 Å². The standard InChI is InChI=1S/C15H11NO4/c16-11-2-1-3-13-15(11)12(19)7-14(20-13)8-4-9(17)6-10(18)5-8/h1-7,17-18H,16H2. The van der Waals surface area contributed by atoms with Crippen LogP contribution in [0.15, 0.2) is 51.7 Å². The minimum absolute atomic E-state index is 0.115. The molecule has 3 rings (SSSR count). The molecule has 0 amide bonds. The van der Waals surface area contributed by atoms with E-state index in [1.165, 1.54) is 24.3 Å². The van der Waals surface area contributed by atoms with Crippen LogP contribution >= 0.6 is 0 Å². The maximum atomic E-state index is 12.1. The van der Waals surface area contributed by atoms with Gasteiger partial charge in [-0.05, 0) is 24.3 Å². The lowest BCUT2D eigenvalue weighted by Gasteiger charge is -2.05. The number of nitrogen functional groups attached to an aromatic ring is 1. The Morgan fingerprint density at radius 1 is 1.00 bits per heavy atom. The maximum Gasteiger partial charge on any atom is 0.195 e. The first-order valence-corrected chi connectivity index (χ1v) is 5.90. The van der Waals surface area contributed by atoms with Gasteiger partial charge < -0.3 is 20.4 Å². The van der Waals surface area contributed by atoms with Gasteiger partial charge in [-0.25, -0.2) is 0 Å². The fourth-order valence-corrected chi connectivity index (χ4v) is 2.12. The molecule has 5 nitrogen and oxygen atoms in total. The highest BCUT2D eigenvalue weighted by Crippen LogP contribution is 2.30. The predicted molar refractivity (Wildman–Crippen MR) is 75.7 cm³/mol. The Morgan fingerprint density at radius 3 is 2.40 bits per heavy atom. The van der Waals surface area contributed by atoms with Gasteiger partial charge in [0.15, 0.2) is 5.43 Å². The van der Waals surface area contributed by atoms with Crippen LogP contribution in [0.5, 0.6) is 11.5 Å². The second kappa shape index (κ2) is 4.31. The van der Waals surface area contributed by atoms with Crippen LogP contribution in [0.4, 0.5) is 5.69 Å². The molecule has 0 radical (unpaired) electrons. The Balaban J connectivity index is 2.30. The summed E-state index contributed by atoms with van der Waals surface area (Å²) in [6.45, 7) is 0. The van der Waals surface area contributed by atoms with Crippen molar-refractivity contribution in [2.24, 2.45) is 0 Å². The van der Waals surface area contributed by atoms with Crippen molar-refractivity contribution in [2.75, 3.05) is 5.73 Å². The first kappa shape index (κ1) is 12.1. The number of anilines is 1. The van der Waals surface area contributed by atoms with Crippen molar-refractivity contribution in [2.45, 2.75) is 0 Å². The number of phenolic OH excluding ortho intramolecular Hbond substituents is 2. The van der Waals surface area contributed by atoms with Crippen LogP contribution in [0, 0.1) is 0 Å². The third-order valence-corrected chi connectivity index (χ3v) is 2.97. The van der Waals surface area contributed by atoms with E-state index in [1.807, 2.05) is 0 Å². The Bertz CT molecular complexity index is 847. The quantitative estimate of drug-likeness (QED) is 0.589. The first-order chi connectivity index (χ1) is 9.54. The summed E-state index contributed by atoms with van der Waals surface area (Å²) < 4.78 is 5.62. The van der Waals surface area contributed by atoms with Crippen LogP contribution in [-0.2, 0) is 0 Å². The molecule has 0 aliphatic rings. The van der Waals surface area contributed by atoms with E-state index in [0.717, 1.165) is 0 Å². The molecule has 5 heteroatoms.